The third-order valence-corrected chi connectivity index (χ3v) is 4.75. The Kier molecular flexibility index (Phi) is 5.23. The number of nitrogens with zero attached hydrogens (tertiary/aromatic N) is 1. The third-order valence-electron chi connectivity index (χ3n) is 4.53. The van der Waals surface area contributed by atoms with E-state index in [2.05, 4.69) is 15.6 Å². The number of halogens is 1. The molecule has 1 aromatic heterocycles. The van der Waals surface area contributed by atoms with Gasteiger partial charge in [0.2, 0.25) is 0 Å². The maximum absolute atomic E-state index is 12.7. The van der Waals surface area contributed by atoms with Gasteiger partial charge in [-0.25, -0.2) is 0 Å². The Morgan fingerprint density at radius 1 is 1.11 bits per heavy atom. The van der Waals surface area contributed by atoms with Crippen molar-refractivity contribution in [2.75, 3.05) is 17.2 Å². The number of amides is 2. The summed E-state index contributed by atoms with van der Waals surface area (Å²) in [5.74, 6) is -0.512. The Balaban J connectivity index is 1.53. The summed E-state index contributed by atoms with van der Waals surface area (Å²) in [6.07, 6.45) is 2.82. The lowest BCUT2D eigenvalue weighted by Crippen LogP contribution is -2.27. The van der Waals surface area contributed by atoms with Crippen molar-refractivity contribution < 1.29 is 14.3 Å². The predicted molar refractivity (Wildman–Crippen MR) is 109 cm³/mol. The van der Waals surface area contributed by atoms with Crippen molar-refractivity contribution in [2.45, 2.75) is 18.9 Å². The van der Waals surface area contributed by atoms with Crippen LogP contribution in [0.3, 0.4) is 0 Å². The average molecular weight is 396 g/mol. The van der Waals surface area contributed by atoms with E-state index in [0.29, 0.717) is 40.5 Å². The van der Waals surface area contributed by atoms with Gasteiger partial charge in [0.15, 0.2) is 0 Å². The average Bonchev–Trinajstić information content (AvgIpc) is 3.23. The van der Waals surface area contributed by atoms with Crippen molar-refractivity contribution in [2.24, 2.45) is 0 Å². The second-order valence-corrected chi connectivity index (χ2v) is 6.99. The zero-order chi connectivity index (χ0) is 19.5. The molecule has 2 heterocycles. The minimum absolute atomic E-state index is 0.194. The van der Waals surface area contributed by atoms with Crippen LogP contribution in [-0.4, -0.2) is 29.5 Å². The standard InChI is InChI=1S/C21H18ClN3O3/c22-15-10-13-5-2-8-23-19(13)17(12-15)25-20(26)14-4-1-6-16(11-14)24-21(27)18-7-3-9-28-18/h1-2,4-6,8,10-12,18H,3,7,9H2,(H,24,27)(H,25,26)/t18-/m0/s1. The predicted octanol–water partition coefficient (Wildman–Crippen LogP) is 4.26. The Morgan fingerprint density at radius 3 is 2.82 bits per heavy atom. The van der Waals surface area contributed by atoms with E-state index in [4.69, 9.17) is 16.3 Å². The first-order valence-corrected chi connectivity index (χ1v) is 9.36. The first-order valence-electron chi connectivity index (χ1n) is 8.98. The summed E-state index contributed by atoms with van der Waals surface area (Å²) in [7, 11) is 0. The maximum atomic E-state index is 12.7. The second kappa shape index (κ2) is 7.96. The van der Waals surface area contributed by atoms with Crippen molar-refractivity contribution in [3.8, 4) is 0 Å². The van der Waals surface area contributed by atoms with Crippen LogP contribution < -0.4 is 10.6 Å². The molecule has 0 saturated carbocycles. The molecule has 28 heavy (non-hydrogen) atoms. The van der Waals surface area contributed by atoms with Crippen LogP contribution in [0.4, 0.5) is 11.4 Å². The molecule has 142 valence electrons. The number of nitrogens with one attached hydrogen (secondary N) is 2. The van der Waals surface area contributed by atoms with Crippen molar-refractivity contribution in [1.29, 1.82) is 0 Å². The van der Waals surface area contributed by atoms with Gasteiger partial charge < -0.3 is 15.4 Å². The molecule has 1 atom stereocenters. The fourth-order valence-corrected chi connectivity index (χ4v) is 3.42. The number of rotatable bonds is 4. The van der Waals surface area contributed by atoms with E-state index < -0.39 is 6.10 Å². The molecule has 6 nitrogen and oxygen atoms in total. The number of fused-ring (bicyclic) bond motifs is 1. The number of hydrogen-bond acceptors (Lipinski definition) is 4. The summed E-state index contributed by atoms with van der Waals surface area (Å²) < 4.78 is 5.38. The van der Waals surface area contributed by atoms with Gasteiger partial charge in [0.1, 0.15) is 6.10 Å². The summed E-state index contributed by atoms with van der Waals surface area (Å²) >= 11 is 6.16. The number of hydrogen-bond donors (Lipinski definition) is 2. The summed E-state index contributed by atoms with van der Waals surface area (Å²) in [5, 5.41) is 7.00. The number of ether oxygens (including phenoxy) is 1. The minimum Gasteiger partial charge on any atom is -0.368 e. The zero-order valence-electron chi connectivity index (χ0n) is 14.9. The molecule has 0 unspecified atom stereocenters. The van der Waals surface area contributed by atoms with Crippen LogP contribution in [0.25, 0.3) is 10.9 Å². The first-order chi connectivity index (χ1) is 13.6. The van der Waals surface area contributed by atoms with Gasteiger partial charge in [0.25, 0.3) is 11.8 Å². The first kappa shape index (κ1) is 18.4. The van der Waals surface area contributed by atoms with Crippen LogP contribution >= 0.6 is 11.6 Å². The molecule has 1 fully saturated rings. The highest BCUT2D eigenvalue weighted by atomic mass is 35.5. The van der Waals surface area contributed by atoms with Crippen molar-refractivity contribution in [3.63, 3.8) is 0 Å². The highest BCUT2D eigenvalue weighted by molar-refractivity contribution is 6.32. The highest BCUT2D eigenvalue weighted by Gasteiger charge is 2.23. The minimum atomic E-state index is -0.429. The van der Waals surface area contributed by atoms with Crippen molar-refractivity contribution in [1.82, 2.24) is 4.98 Å². The topological polar surface area (TPSA) is 80.3 Å². The van der Waals surface area contributed by atoms with Gasteiger partial charge in [-0.2, -0.15) is 0 Å². The Labute approximate surface area is 166 Å². The van der Waals surface area contributed by atoms with Gasteiger partial charge in [-0.15, -0.1) is 0 Å². The van der Waals surface area contributed by atoms with Gasteiger partial charge in [0, 0.05) is 34.5 Å². The summed E-state index contributed by atoms with van der Waals surface area (Å²) in [6, 6.07) is 13.9. The molecular formula is C21H18ClN3O3. The molecule has 2 N–H and O–H groups in total. The van der Waals surface area contributed by atoms with E-state index in [-0.39, 0.29) is 11.8 Å². The van der Waals surface area contributed by atoms with E-state index in [1.165, 1.54) is 0 Å². The third kappa shape index (κ3) is 3.98. The monoisotopic (exact) mass is 395 g/mol. The van der Waals surface area contributed by atoms with Crippen LogP contribution in [0.1, 0.15) is 23.2 Å². The van der Waals surface area contributed by atoms with Crippen LogP contribution in [-0.2, 0) is 9.53 Å². The van der Waals surface area contributed by atoms with Gasteiger partial charge in [-0.1, -0.05) is 23.7 Å². The summed E-state index contributed by atoms with van der Waals surface area (Å²) in [6.45, 7) is 0.599. The van der Waals surface area contributed by atoms with Gasteiger partial charge >= 0.3 is 0 Å². The number of anilines is 2. The van der Waals surface area contributed by atoms with E-state index in [1.807, 2.05) is 12.1 Å². The number of aromatic nitrogens is 1. The molecule has 3 aromatic rings. The molecule has 0 bridgehead atoms. The smallest absolute Gasteiger partial charge is 0.255 e. The molecule has 1 aliphatic rings. The SMILES string of the molecule is O=C(Nc1cc(Cl)cc2cccnc12)c1cccc(NC(=O)[C@@H]2CCCO2)c1. The molecule has 1 aliphatic heterocycles. The number of pyridine rings is 1. The zero-order valence-corrected chi connectivity index (χ0v) is 15.7. The lowest BCUT2D eigenvalue weighted by atomic mass is 10.1. The molecular weight excluding hydrogens is 378 g/mol. The Morgan fingerprint density at radius 2 is 2.00 bits per heavy atom. The molecule has 1 saturated heterocycles. The van der Waals surface area contributed by atoms with Crippen LogP contribution in [0.15, 0.2) is 54.7 Å². The van der Waals surface area contributed by atoms with Crippen LogP contribution in [0, 0.1) is 0 Å². The Hall–Kier alpha value is -2.96. The van der Waals surface area contributed by atoms with Crippen molar-refractivity contribution >= 4 is 45.7 Å². The second-order valence-electron chi connectivity index (χ2n) is 6.55. The fraction of sp³-hybridized carbons (Fsp3) is 0.190. The molecule has 0 spiro atoms. The molecule has 4 rings (SSSR count). The molecule has 0 aliphatic carbocycles. The fourth-order valence-electron chi connectivity index (χ4n) is 3.19. The van der Waals surface area contributed by atoms with Crippen molar-refractivity contribution in [3.05, 3.63) is 65.3 Å². The van der Waals surface area contributed by atoms with E-state index in [1.54, 1.807) is 42.6 Å². The Bertz CT molecular complexity index is 1050. The van der Waals surface area contributed by atoms with Gasteiger partial charge in [-0.05, 0) is 49.2 Å². The summed E-state index contributed by atoms with van der Waals surface area (Å²) in [5.41, 5.74) is 2.14. The molecule has 7 heteroatoms. The lowest BCUT2D eigenvalue weighted by molar-refractivity contribution is -0.124. The van der Waals surface area contributed by atoms with Gasteiger partial charge in [0.05, 0.1) is 11.2 Å². The maximum Gasteiger partial charge on any atom is 0.255 e. The molecule has 2 aromatic carbocycles. The van der Waals surface area contributed by atoms with Crippen LogP contribution in [0.2, 0.25) is 5.02 Å². The molecule has 2 amide bonds. The van der Waals surface area contributed by atoms with Crippen LogP contribution in [0.5, 0.6) is 0 Å². The lowest BCUT2D eigenvalue weighted by Gasteiger charge is -2.12. The van der Waals surface area contributed by atoms with E-state index in [9.17, 15) is 9.59 Å². The highest BCUT2D eigenvalue weighted by Crippen LogP contribution is 2.27. The number of carbonyl (C=O) groups excluding carboxylic acids is 2. The normalized spacial score (nSPS) is 16.1. The van der Waals surface area contributed by atoms with E-state index in [0.717, 1.165) is 11.8 Å². The summed E-state index contributed by atoms with van der Waals surface area (Å²) in [4.78, 5) is 29.3. The number of benzene rings is 2. The number of carbonyl (C=O) groups is 2. The molecule has 0 radical (unpaired) electrons. The van der Waals surface area contributed by atoms with E-state index >= 15 is 0 Å². The quantitative estimate of drug-likeness (QED) is 0.691. The largest absolute Gasteiger partial charge is 0.368 e. The van der Waals surface area contributed by atoms with Gasteiger partial charge in [-0.3, -0.25) is 14.6 Å².